The number of carboxylic acid groups (broad SMARTS) is 1. The average Bonchev–Trinajstić information content (AvgIpc) is 2.84. The van der Waals surface area contributed by atoms with Gasteiger partial charge in [-0.1, -0.05) is 30.3 Å². The first-order valence-corrected chi connectivity index (χ1v) is 5.80. The van der Waals surface area contributed by atoms with Crippen molar-refractivity contribution < 1.29 is 14.6 Å². The van der Waals surface area contributed by atoms with Crippen molar-refractivity contribution in [3.05, 3.63) is 41.7 Å². The van der Waals surface area contributed by atoms with Crippen molar-refractivity contribution >= 4 is 5.97 Å². The molecule has 7 heteroatoms. The fourth-order valence-corrected chi connectivity index (χ4v) is 1.48. The van der Waals surface area contributed by atoms with Crippen LogP contribution in [-0.4, -0.2) is 37.4 Å². The molecule has 0 radical (unpaired) electrons. The number of carboxylic acids is 1. The first-order valence-electron chi connectivity index (χ1n) is 5.80. The summed E-state index contributed by atoms with van der Waals surface area (Å²) in [6.07, 6.45) is -0.887. The predicted molar refractivity (Wildman–Crippen MR) is 65.2 cm³/mol. The van der Waals surface area contributed by atoms with Crippen molar-refractivity contribution in [3.63, 3.8) is 0 Å². The number of aromatic nitrogens is 4. The summed E-state index contributed by atoms with van der Waals surface area (Å²) in [4.78, 5) is 10.7. The third-order valence-corrected chi connectivity index (χ3v) is 2.59. The summed E-state index contributed by atoms with van der Waals surface area (Å²) < 4.78 is 6.75. The zero-order valence-corrected chi connectivity index (χ0v) is 10.4. The highest BCUT2D eigenvalue weighted by atomic mass is 16.5. The zero-order chi connectivity index (χ0) is 13.7. The maximum atomic E-state index is 10.7. The van der Waals surface area contributed by atoms with Gasteiger partial charge in [-0.15, -0.1) is 5.10 Å². The standard InChI is InChI=1S/C12H14N4O3/c1-9(12(17)18)19-8-11-13-14-15-16(11)7-10-5-3-2-4-6-10/h2-6,9H,7-8H2,1H3,(H,17,18)/t9-/m0/s1. The van der Waals surface area contributed by atoms with E-state index in [0.29, 0.717) is 12.4 Å². The molecule has 0 saturated carbocycles. The molecule has 0 bridgehead atoms. The molecule has 1 aromatic heterocycles. The third-order valence-electron chi connectivity index (χ3n) is 2.59. The number of hydrogen-bond donors (Lipinski definition) is 1. The summed E-state index contributed by atoms with van der Waals surface area (Å²) in [5.41, 5.74) is 1.06. The quantitative estimate of drug-likeness (QED) is 0.824. The van der Waals surface area contributed by atoms with Crippen LogP contribution in [0.2, 0.25) is 0 Å². The van der Waals surface area contributed by atoms with E-state index in [9.17, 15) is 4.79 Å². The van der Waals surface area contributed by atoms with Gasteiger partial charge >= 0.3 is 5.97 Å². The van der Waals surface area contributed by atoms with Crippen molar-refractivity contribution in [1.29, 1.82) is 0 Å². The topological polar surface area (TPSA) is 90.1 Å². The molecule has 100 valence electrons. The van der Waals surface area contributed by atoms with E-state index in [2.05, 4.69) is 15.5 Å². The Hall–Kier alpha value is -2.28. The Morgan fingerprint density at radius 3 is 2.84 bits per heavy atom. The lowest BCUT2D eigenvalue weighted by molar-refractivity contribution is -0.150. The van der Waals surface area contributed by atoms with Gasteiger partial charge in [-0.05, 0) is 22.9 Å². The summed E-state index contributed by atoms with van der Waals surface area (Å²) in [6.45, 7) is 2.05. The SMILES string of the molecule is C[C@H](OCc1nnnn1Cc1ccccc1)C(=O)O. The summed E-state index contributed by atoms with van der Waals surface area (Å²) in [6, 6.07) is 9.73. The van der Waals surface area contributed by atoms with E-state index >= 15 is 0 Å². The monoisotopic (exact) mass is 262 g/mol. The van der Waals surface area contributed by atoms with E-state index in [0.717, 1.165) is 5.56 Å². The minimum absolute atomic E-state index is 0.0628. The number of carbonyl (C=O) groups is 1. The molecule has 1 aromatic carbocycles. The van der Waals surface area contributed by atoms with E-state index in [1.165, 1.54) is 6.92 Å². The van der Waals surface area contributed by atoms with Gasteiger partial charge in [0.25, 0.3) is 0 Å². The molecule has 1 N–H and O–H groups in total. The molecule has 0 fully saturated rings. The van der Waals surface area contributed by atoms with Crippen molar-refractivity contribution in [2.24, 2.45) is 0 Å². The van der Waals surface area contributed by atoms with Gasteiger partial charge in [0, 0.05) is 0 Å². The first-order chi connectivity index (χ1) is 9.16. The van der Waals surface area contributed by atoms with Crippen molar-refractivity contribution in [2.45, 2.75) is 26.2 Å². The molecule has 2 aromatic rings. The number of ether oxygens (including phenoxy) is 1. The minimum Gasteiger partial charge on any atom is -0.479 e. The summed E-state index contributed by atoms with van der Waals surface area (Å²) >= 11 is 0. The molecule has 2 rings (SSSR count). The summed E-state index contributed by atoms with van der Waals surface area (Å²) in [5, 5.41) is 20.0. The average molecular weight is 262 g/mol. The lowest BCUT2D eigenvalue weighted by Gasteiger charge is -2.08. The lowest BCUT2D eigenvalue weighted by atomic mass is 10.2. The fraction of sp³-hybridized carbons (Fsp3) is 0.333. The van der Waals surface area contributed by atoms with Gasteiger partial charge in [0.05, 0.1) is 6.54 Å². The molecule has 1 atom stereocenters. The van der Waals surface area contributed by atoms with Gasteiger partial charge in [-0.25, -0.2) is 9.48 Å². The highest BCUT2D eigenvalue weighted by Crippen LogP contribution is 2.05. The molecule has 1 heterocycles. The van der Waals surface area contributed by atoms with E-state index in [1.54, 1.807) is 4.68 Å². The van der Waals surface area contributed by atoms with E-state index < -0.39 is 12.1 Å². The number of aliphatic carboxylic acids is 1. The molecule has 0 aliphatic rings. The largest absolute Gasteiger partial charge is 0.479 e. The Labute approximate surface area is 109 Å². The normalized spacial score (nSPS) is 12.3. The summed E-state index contributed by atoms with van der Waals surface area (Å²) in [7, 11) is 0. The maximum Gasteiger partial charge on any atom is 0.332 e. The molecule has 0 aliphatic carbocycles. The minimum atomic E-state index is -1.01. The predicted octanol–water partition coefficient (Wildman–Crippen LogP) is 0.711. The van der Waals surface area contributed by atoms with Gasteiger partial charge < -0.3 is 9.84 Å². The van der Waals surface area contributed by atoms with Crippen LogP contribution in [0.15, 0.2) is 30.3 Å². The molecule has 0 saturated heterocycles. The molecule has 0 spiro atoms. The highest BCUT2D eigenvalue weighted by molar-refractivity contribution is 5.71. The van der Waals surface area contributed by atoms with Crippen LogP contribution >= 0.6 is 0 Å². The molecule has 0 unspecified atom stereocenters. The number of tetrazole rings is 1. The number of rotatable bonds is 6. The Bertz CT molecular complexity index is 541. The zero-order valence-electron chi connectivity index (χ0n) is 10.4. The Morgan fingerprint density at radius 1 is 1.42 bits per heavy atom. The molecular weight excluding hydrogens is 248 g/mol. The van der Waals surface area contributed by atoms with Gasteiger partial charge in [-0.3, -0.25) is 0 Å². The molecule has 0 amide bonds. The van der Waals surface area contributed by atoms with Crippen LogP contribution in [0.1, 0.15) is 18.3 Å². The van der Waals surface area contributed by atoms with Crippen molar-refractivity contribution in [3.8, 4) is 0 Å². The first kappa shape index (κ1) is 13.2. The van der Waals surface area contributed by atoms with E-state index in [1.807, 2.05) is 30.3 Å². The van der Waals surface area contributed by atoms with Crippen LogP contribution in [0, 0.1) is 0 Å². The fourth-order valence-electron chi connectivity index (χ4n) is 1.48. The van der Waals surface area contributed by atoms with Crippen LogP contribution in [0.3, 0.4) is 0 Å². The Balaban J connectivity index is 2.00. The molecular formula is C12H14N4O3. The van der Waals surface area contributed by atoms with Gasteiger partial charge in [-0.2, -0.15) is 0 Å². The molecule has 7 nitrogen and oxygen atoms in total. The molecule has 0 aliphatic heterocycles. The Kier molecular flexibility index (Phi) is 4.19. The lowest BCUT2D eigenvalue weighted by Crippen LogP contribution is -2.21. The maximum absolute atomic E-state index is 10.7. The highest BCUT2D eigenvalue weighted by Gasteiger charge is 2.14. The number of hydrogen-bond acceptors (Lipinski definition) is 5. The number of nitrogens with zero attached hydrogens (tertiary/aromatic N) is 4. The third kappa shape index (κ3) is 3.59. The van der Waals surface area contributed by atoms with Crippen LogP contribution in [0.5, 0.6) is 0 Å². The van der Waals surface area contributed by atoms with Gasteiger partial charge in [0.2, 0.25) is 0 Å². The smallest absolute Gasteiger partial charge is 0.332 e. The van der Waals surface area contributed by atoms with Crippen LogP contribution in [0.4, 0.5) is 0 Å². The molecule has 19 heavy (non-hydrogen) atoms. The van der Waals surface area contributed by atoms with Crippen LogP contribution < -0.4 is 0 Å². The van der Waals surface area contributed by atoms with Gasteiger partial charge in [0.15, 0.2) is 11.9 Å². The van der Waals surface area contributed by atoms with Gasteiger partial charge in [0.1, 0.15) is 6.61 Å². The van der Waals surface area contributed by atoms with Crippen molar-refractivity contribution in [2.75, 3.05) is 0 Å². The second kappa shape index (κ2) is 6.05. The van der Waals surface area contributed by atoms with Crippen LogP contribution in [-0.2, 0) is 22.7 Å². The van der Waals surface area contributed by atoms with Crippen LogP contribution in [0.25, 0.3) is 0 Å². The second-order valence-corrected chi connectivity index (χ2v) is 4.03. The van der Waals surface area contributed by atoms with E-state index in [4.69, 9.17) is 9.84 Å². The summed E-state index contributed by atoms with van der Waals surface area (Å²) in [5.74, 6) is -0.515. The second-order valence-electron chi connectivity index (χ2n) is 4.03. The Morgan fingerprint density at radius 2 is 2.16 bits per heavy atom. The van der Waals surface area contributed by atoms with E-state index in [-0.39, 0.29) is 6.61 Å². The number of benzene rings is 1. The van der Waals surface area contributed by atoms with Crippen molar-refractivity contribution in [1.82, 2.24) is 20.2 Å².